The number of carbonyl (C=O) groups is 2. The van der Waals surface area contributed by atoms with Crippen molar-refractivity contribution in [2.75, 3.05) is 5.32 Å². The number of hydrogen-bond donors (Lipinski definition) is 1. The molecule has 0 radical (unpaired) electrons. The van der Waals surface area contributed by atoms with Crippen LogP contribution in [-0.2, 0) is 4.79 Å². The Labute approximate surface area is 101 Å². The quantitative estimate of drug-likeness (QED) is 0.851. The minimum Gasteiger partial charge on any atom is -0.318 e. The fourth-order valence-corrected chi connectivity index (χ4v) is 3.12. The molecular formula is C11H9NO2S2. The molecule has 0 aliphatic heterocycles. The van der Waals surface area contributed by atoms with Gasteiger partial charge in [-0.3, -0.25) is 9.59 Å². The predicted octanol–water partition coefficient (Wildman–Crippen LogP) is 3.25. The van der Waals surface area contributed by atoms with E-state index < -0.39 is 0 Å². The molecule has 0 saturated carbocycles. The highest BCUT2D eigenvalue weighted by atomic mass is 32.1. The first-order chi connectivity index (χ1) is 7.69. The molecule has 16 heavy (non-hydrogen) atoms. The number of aldehydes is 1. The Morgan fingerprint density at radius 2 is 1.88 bits per heavy atom. The number of rotatable bonds is 3. The first-order valence-corrected chi connectivity index (χ1v) is 6.25. The zero-order valence-corrected chi connectivity index (χ0v) is 10.2. The molecule has 0 atom stereocenters. The number of amides is 1. The maximum Gasteiger partial charge on any atom is 0.221 e. The number of hydrogen-bond acceptors (Lipinski definition) is 4. The number of anilines is 1. The van der Waals surface area contributed by atoms with E-state index in [4.69, 9.17) is 0 Å². The van der Waals surface area contributed by atoms with E-state index in [-0.39, 0.29) is 5.91 Å². The SMILES string of the molecule is CC(=O)Nc1ccc(-c2ccc(C=O)s2)s1. The summed E-state index contributed by atoms with van der Waals surface area (Å²) in [6.07, 6.45) is 0.844. The van der Waals surface area contributed by atoms with Gasteiger partial charge in [-0.05, 0) is 24.3 Å². The Kier molecular flexibility index (Phi) is 3.17. The summed E-state index contributed by atoms with van der Waals surface area (Å²) in [5.74, 6) is -0.0758. The normalized spacial score (nSPS) is 10.1. The summed E-state index contributed by atoms with van der Waals surface area (Å²) in [6.45, 7) is 1.48. The van der Waals surface area contributed by atoms with Crippen molar-refractivity contribution in [3.05, 3.63) is 29.1 Å². The van der Waals surface area contributed by atoms with Gasteiger partial charge in [-0.1, -0.05) is 0 Å². The summed E-state index contributed by atoms with van der Waals surface area (Å²) in [7, 11) is 0. The van der Waals surface area contributed by atoms with Gasteiger partial charge in [-0.25, -0.2) is 0 Å². The van der Waals surface area contributed by atoms with Crippen LogP contribution < -0.4 is 5.32 Å². The summed E-state index contributed by atoms with van der Waals surface area (Å²) in [4.78, 5) is 24.2. The van der Waals surface area contributed by atoms with Crippen LogP contribution in [0.5, 0.6) is 0 Å². The van der Waals surface area contributed by atoms with Gasteiger partial charge in [-0.2, -0.15) is 0 Å². The summed E-state index contributed by atoms with van der Waals surface area (Å²) in [5.41, 5.74) is 0. The second kappa shape index (κ2) is 4.59. The maximum atomic E-state index is 10.9. The van der Waals surface area contributed by atoms with Crippen molar-refractivity contribution in [1.29, 1.82) is 0 Å². The molecule has 0 spiro atoms. The van der Waals surface area contributed by atoms with Crippen molar-refractivity contribution >= 4 is 39.9 Å². The predicted molar refractivity (Wildman–Crippen MR) is 67.3 cm³/mol. The summed E-state index contributed by atoms with van der Waals surface area (Å²) >= 11 is 2.95. The van der Waals surface area contributed by atoms with Crippen LogP contribution in [-0.4, -0.2) is 12.2 Å². The zero-order valence-electron chi connectivity index (χ0n) is 8.52. The largest absolute Gasteiger partial charge is 0.318 e. The average molecular weight is 251 g/mol. The van der Waals surface area contributed by atoms with Gasteiger partial charge in [0.05, 0.1) is 9.88 Å². The molecule has 2 aromatic rings. The van der Waals surface area contributed by atoms with E-state index in [2.05, 4.69) is 5.32 Å². The fourth-order valence-electron chi connectivity index (χ4n) is 1.26. The van der Waals surface area contributed by atoms with E-state index >= 15 is 0 Å². The van der Waals surface area contributed by atoms with E-state index in [0.29, 0.717) is 4.88 Å². The molecule has 2 rings (SSSR count). The molecule has 0 bridgehead atoms. The lowest BCUT2D eigenvalue weighted by molar-refractivity contribution is -0.114. The molecule has 3 nitrogen and oxygen atoms in total. The molecule has 0 unspecified atom stereocenters. The number of thiophene rings is 2. The maximum absolute atomic E-state index is 10.9. The van der Waals surface area contributed by atoms with E-state index in [1.54, 1.807) is 6.07 Å². The highest BCUT2D eigenvalue weighted by molar-refractivity contribution is 7.24. The Morgan fingerprint density at radius 3 is 2.50 bits per heavy atom. The molecule has 0 aromatic carbocycles. The molecular weight excluding hydrogens is 242 g/mol. The van der Waals surface area contributed by atoms with Crippen LogP contribution in [0.2, 0.25) is 0 Å². The first-order valence-electron chi connectivity index (χ1n) is 4.62. The van der Waals surface area contributed by atoms with Crippen LogP contribution in [0.15, 0.2) is 24.3 Å². The Morgan fingerprint density at radius 1 is 1.19 bits per heavy atom. The van der Waals surface area contributed by atoms with E-state index in [0.717, 1.165) is 21.0 Å². The van der Waals surface area contributed by atoms with Crippen LogP contribution in [0.25, 0.3) is 9.75 Å². The van der Waals surface area contributed by atoms with Crippen LogP contribution in [0, 0.1) is 0 Å². The van der Waals surface area contributed by atoms with Crippen molar-refractivity contribution in [3.8, 4) is 9.75 Å². The molecule has 0 aliphatic rings. The van der Waals surface area contributed by atoms with Gasteiger partial charge in [0.2, 0.25) is 5.91 Å². The molecule has 5 heteroatoms. The minimum absolute atomic E-state index is 0.0758. The van der Waals surface area contributed by atoms with Crippen molar-refractivity contribution < 1.29 is 9.59 Å². The third-order valence-electron chi connectivity index (χ3n) is 1.89. The van der Waals surface area contributed by atoms with Crippen molar-refractivity contribution in [3.63, 3.8) is 0 Å². The minimum atomic E-state index is -0.0758. The fraction of sp³-hybridized carbons (Fsp3) is 0.0909. The van der Waals surface area contributed by atoms with Gasteiger partial charge in [0.15, 0.2) is 6.29 Å². The monoisotopic (exact) mass is 251 g/mol. The summed E-state index contributed by atoms with van der Waals surface area (Å²) in [6, 6.07) is 7.51. The molecule has 1 amide bonds. The Bertz CT molecular complexity index is 528. The third-order valence-corrected chi connectivity index (χ3v) is 4.10. The second-order valence-electron chi connectivity index (χ2n) is 3.16. The first kappa shape index (κ1) is 11.0. The Hall–Kier alpha value is -1.46. The van der Waals surface area contributed by atoms with E-state index in [1.165, 1.54) is 29.6 Å². The molecule has 0 fully saturated rings. The zero-order chi connectivity index (χ0) is 11.5. The van der Waals surface area contributed by atoms with E-state index in [9.17, 15) is 9.59 Å². The van der Waals surface area contributed by atoms with Gasteiger partial charge >= 0.3 is 0 Å². The second-order valence-corrected chi connectivity index (χ2v) is 5.36. The molecule has 0 saturated heterocycles. The standard InChI is InChI=1S/C11H9NO2S2/c1-7(14)12-11-5-4-10(16-11)9-3-2-8(6-13)15-9/h2-6H,1H3,(H,12,14). The van der Waals surface area contributed by atoms with Crippen LogP contribution in [0.1, 0.15) is 16.6 Å². The summed E-state index contributed by atoms with van der Waals surface area (Å²) in [5, 5.41) is 3.55. The van der Waals surface area contributed by atoms with Crippen LogP contribution >= 0.6 is 22.7 Å². The highest BCUT2D eigenvalue weighted by Crippen LogP contribution is 2.35. The molecule has 1 N–H and O–H groups in total. The molecule has 2 aromatic heterocycles. The Balaban J connectivity index is 2.24. The summed E-state index contributed by atoms with van der Waals surface area (Å²) < 4.78 is 0. The molecule has 82 valence electrons. The van der Waals surface area contributed by atoms with Gasteiger partial charge in [0, 0.05) is 16.7 Å². The number of nitrogens with one attached hydrogen (secondary N) is 1. The lowest BCUT2D eigenvalue weighted by Crippen LogP contribution is -2.03. The van der Waals surface area contributed by atoms with Gasteiger partial charge in [0.1, 0.15) is 0 Å². The van der Waals surface area contributed by atoms with Crippen LogP contribution in [0.3, 0.4) is 0 Å². The van der Waals surface area contributed by atoms with E-state index in [1.807, 2.05) is 18.2 Å². The topological polar surface area (TPSA) is 46.2 Å². The van der Waals surface area contributed by atoms with Crippen LogP contribution in [0.4, 0.5) is 5.00 Å². The lowest BCUT2D eigenvalue weighted by Gasteiger charge is -1.94. The lowest BCUT2D eigenvalue weighted by atomic mass is 10.4. The number of carbonyl (C=O) groups excluding carboxylic acids is 2. The van der Waals surface area contributed by atoms with Gasteiger partial charge < -0.3 is 5.32 Å². The highest BCUT2D eigenvalue weighted by Gasteiger charge is 2.06. The van der Waals surface area contributed by atoms with Crippen molar-refractivity contribution in [2.45, 2.75) is 6.92 Å². The smallest absolute Gasteiger partial charge is 0.221 e. The van der Waals surface area contributed by atoms with Crippen molar-refractivity contribution in [2.24, 2.45) is 0 Å². The third kappa shape index (κ3) is 2.37. The van der Waals surface area contributed by atoms with Crippen molar-refractivity contribution in [1.82, 2.24) is 0 Å². The average Bonchev–Trinajstić information content (AvgIpc) is 2.83. The van der Waals surface area contributed by atoms with Gasteiger partial charge in [0.25, 0.3) is 0 Å². The molecule has 2 heterocycles. The van der Waals surface area contributed by atoms with Gasteiger partial charge in [-0.15, -0.1) is 22.7 Å². The molecule has 0 aliphatic carbocycles.